The largest absolute Gasteiger partial charge is 0.381 e. The summed E-state index contributed by atoms with van der Waals surface area (Å²) in [5.41, 5.74) is 1.01. The van der Waals surface area contributed by atoms with Crippen LogP contribution in [0.2, 0.25) is 0 Å². The number of nitrogens with zero attached hydrogens (tertiary/aromatic N) is 1. The molecule has 0 aromatic carbocycles. The van der Waals surface area contributed by atoms with Gasteiger partial charge in [0.2, 0.25) is 0 Å². The van der Waals surface area contributed by atoms with Crippen LogP contribution in [0.1, 0.15) is 49.5 Å². The van der Waals surface area contributed by atoms with Crippen molar-refractivity contribution in [1.82, 2.24) is 9.97 Å². The molecule has 3 rings (SSSR count). The number of aromatic amines is 1. The van der Waals surface area contributed by atoms with E-state index in [9.17, 15) is 4.79 Å². The van der Waals surface area contributed by atoms with Gasteiger partial charge in [0.25, 0.3) is 5.56 Å². The first-order chi connectivity index (χ1) is 8.81. The fourth-order valence-corrected chi connectivity index (χ4v) is 3.07. The number of hydrogen-bond donors (Lipinski definition) is 1. The molecule has 1 N–H and O–H groups in total. The number of aromatic nitrogens is 2. The first-order valence-corrected chi connectivity index (χ1v) is 6.99. The summed E-state index contributed by atoms with van der Waals surface area (Å²) in [5.74, 6) is 1.87. The maximum absolute atomic E-state index is 11.7. The van der Waals surface area contributed by atoms with Gasteiger partial charge in [-0.3, -0.25) is 4.79 Å². The molecule has 0 spiro atoms. The number of hydrogen-bond acceptors (Lipinski definition) is 3. The number of rotatable bonds is 3. The Morgan fingerprint density at radius 1 is 1.33 bits per heavy atom. The van der Waals surface area contributed by atoms with E-state index in [-0.39, 0.29) is 5.56 Å². The molecule has 1 unspecified atom stereocenters. The first-order valence-electron chi connectivity index (χ1n) is 6.99. The zero-order valence-corrected chi connectivity index (χ0v) is 10.7. The van der Waals surface area contributed by atoms with Crippen LogP contribution in [0.4, 0.5) is 0 Å². The van der Waals surface area contributed by atoms with Crippen LogP contribution < -0.4 is 5.56 Å². The van der Waals surface area contributed by atoms with Gasteiger partial charge in [-0.05, 0) is 25.2 Å². The van der Waals surface area contributed by atoms with Crippen LogP contribution in [0, 0.1) is 5.92 Å². The maximum atomic E-state index is 11.7. The van der Waals surface area contributed by atoms with Gasteiger partial charge >= 0.3 is 0 Å². The molecule has 98 valence electrons. The van der Waals surface area contributed by atoms with E-state index in [2.05, 4.69) is 9.97 Å². The Hall–Kier alpha value is -1.16. The summed E-state index contributed by atoms with van der Waals surface area (Å²) in [6.45, 7) is 1.65. The van der Waals surface area contributed by atoms with Crippen LogP contribution >= 0.6 is 0 Å². The highest BCUT2D eigenvalue weighted by molar-refractivity contribution is 5.10. The molecule has 1 aliphatic carbocycles. The molecule has 2 heterocycles. The smallest absolute Gasteiger partial charge is 0.251 e. The van der Waals surface area contributed by atoms with Gasteiger partial charge in [-0.1, -0.05) is 12.8 Å². The molecule has 1 saturated heterocycles. The second kappa shape index (κ2) is 5.22. The van der Waals surface area contributed by atoms with Crippen LogP contribution in [-0.4, -0.2) is 23.2 Å². The highest BCUT2D eigenvalue weighted by Gasteiger charge is 2.21. The van der Waals surface area contributed by atoms with Crippen molar-refractivity contribution in [3.8, 4) is 0 Å². The Morgan fingerprint density at radius 3 is 2.89 bits per heavy atom. The van der Waals surface area contributed by atoms with Gasteiger partial charge < -0.3 is 9.72 Å². The molecule has 1 aromatic rings. The van der Waals surface area contributed by atoms with Crippen molar-refractivity contribution < 1.29 is 4.74 Å². The Bertz CT molecular complexity index is 457. The average Bonchev–Trinajstić information content (AvgIpc) is 3.00. The lowest BCUT2D eigenvalue weighted by atomic mass is 10.0. The van der Waals surface area contributed by atoms with Crippen molar-refractivity contribution in [2.24, 2.45) is 5.92 Å². The molecule has 1 aliphatic heterocycles. The molecule has 2 fully saturated rings. The normalized spacial score (nSPS) is 24.8. The maximum Gasteiger partial charge on any atom is 0.251 e. The van der Waals surface area contributed by atoms with Crippen molar-refractivity contribution in [1.29, 1.82) is 0 Å². The zero-order chi connectivity index (χ0) is 12.4. The van der Waals surface area contributed by atoms with Crippen LogP contribution in [0.15, 0.2) is 10.9 Å². The van der Waals surface area contributed by atoms with Gasteiger partial charge in [-0.25, -0.2) is 4.98 Å². The van der Waals surface area contributed by atoms with Gasteiger partial charge in [0.15, 0.2) is 0 Å². The minimum absolute atomic E-state index is 0.000755. The zero-order valence-electron chi connectivity index (χ0n) is 10.7. The van der Waals surface area contributed by atoms with Crippen LogP contribution in [0.5, 0.6) is 0 Å². The molecule has 0 radical (unpaired) electrons. The van der Waals surface area contributed by atoms with Gasteiger partial charge in [0, 0.05) is 31.6 Å². The Labute approximate surface area is 107 Å². The molecular formula is C14H20N2O2. The summed E-state index contributed by atoms with van der Waals surface area (Å²) in [4.78, 5) is 19.3. The SMILES string of the molecule is O=c1cc(C2CCCC2)nc(CC2CCOC2)[nH]1. The van der Waals surface area contributed by atoms with Crippen molar-refractivity contribution in [2.45, 2.75) is 44.4 Å². The molecule has 4 heteroatoms. The van der Waals surface area contributed by atoms with Crippen molar-refractivity contribution in [3.63, 3.8) is 0 Å². The van der Waals surface area contributed by atoms with Gasteiger partial charge in [0.05, 0.1) is 5.69 Å². The highest BCUT2D eigenvalue weighted by atomic mass is 16.5. The summed E-state index contributed by atoms with van der Waals surface area (Å²) < 4.78 is 5.37. The fraction of sp³-hybridized carbons (Fsp3) is 0.714. The van der Waals surface area contributed by atoms with E-state index in [1.54, 1.807) is 6.07 Å². The number of ether oxygens (including phenoxy) is 1. The lowest BCUT2D eigenvalue weighted by Crippen LogP contribution is -2.17. The van der Waals surface area contributed by atoms with Crippen LogP contribution in [-0.2, 0) is 11.2 Å². The minimum atomic E-state index is 0.000755. The molecule has 1 saturated carbocycles. The second-order valence-corrected chi connectivity index (χ2v) is 5.53. The molecule has 1 atom stereocenters. The lowest BCUT2D eigenvalue weighted by molar-refractivity contribution is 0.185. The van der Waals surface area contributed by atoms with Crippen molar-refractivity contribution in [3.05, 3.63) is 27.9 Å². The van der Waals surface area contributed by atoms with E-state index >= 15 is 0 Å². The topological polar surface area (TPSA) is 55.0 Å². The molecule has 4 nitrogen and oxygen atoms in total. The average molecular weight is 248 g/mol. The molecule has 0 bridgehead atoms. The first kappa shape index (κ1) is 11.9. The third kappa shape index (κ3) is 2.64. The van der Waals surface area contributed by atoms with Crippen molar-refractivity contribution >= 4 is 0 Å². The Balaban J connectivity index is 1.78. The van der Waals surface area contributed by atoms with Crippen molar-refractivity contribution in [2.75, 3.05) is 13.2 Å². The Kier molecular flexibility index (Phi) is 3.46. The summed E-state index contributed by atoms with van der Waals surface area (Å²) in [6, 6.07) is 1.69. The second-order valence-electron chi connectivity index (χ2n) is 5.53. The third-order valence-electron chi connectivity index (χ3n) is 4.09. The van der Waals surface area contributed by atoms with E-state index in [0.717, 1.165) is 37.6 Å². The van der Waals surface area contributed by atoms with Gasteiger partial charge in [-0.2, -0.15) is 0 Å². The van der Waals surface area contributed by atoms with E-state index in [1.165, 1.54) is 25.7 Å². The highest BCUT2D eigenvalue weighted by Crippen LogP contribution is 2.32. The number of H-pyrrole nitrogens is 1. The predicted molar refractivity (Wildman–Crippen MR) is 68.7 cm³/mol. The summed E-state index contributed by atoms with van der Waals surface area (Å²) in [7, 11) is 0. The molecule has 0 amide bonds. The quantitative estimate of drug-likeness (QED) is 0.890. The van der Waals surface area contributed by atoms with Crippen LogP contribution in [0.3, 0.4) is 0 Å². The monoisotopic (exact) mass is 248 g/mol. The molecule has 18 heavy (non-hydrogen) atoms. The summed E-state index contributed by atoms with van der Waals surface area (Å²) in [6.07, 6.45) is 6.83. The Morgan fingerprint density at radius 2 is 2.17 bits per heavy atom. The van der Waals surface area contributed by atoms with E-state index in [0.29, 0.717) is 11.8 Å². The molecule has 1 aromatic heterocycles. The standard InChI is InChI=1S/C14H20N2O2/c17-14-8-12(11-3-1-2-4-11)15-13(16-14)7-10-5-6-18-9-10/h8,10-11H,1-7,9H2,(H,15,16,17). The molecule has 2 aliphatic rings. The summed E-state index contributed by atoms with van der Waals surface area (Å²) in [5, 5.41) is 0. The van der Waals surface area contributed by atoms with Gasteiger partial charge in [0.1, 0.15) is 5.82 Å². The third-order valence-corrected chi connectivity index (χ3v) is 4.09. The predicted octanol–water partition coefficient (Wildman–Crippen LogP) is 2.01. The van der Waals surface area contributed by atoms with E-state index in [1.807, 2.05) is 0 Å². The van der Waals surface area contributed by atoms with E-state index < -0.39 is 0 Å². The summed E-state index contributed by atoms with van der Waals surface area (Å²) >= 11 is 0. The van der Waals surface area contributed by atoms with E-state index in [4.69, 9.17) is 4.74 Å². The van der Waals surface area contributed by atoms with Crippen LogP contribution in [0.25, 0.3) is 0 Å². The minimum Gasteiger partial charge on any atom is -0.381 e. The van der Waals surface area contributed by atoms with Gasteiger partial charge in [-0.15, -0.1) is 0 Å². The molecular weight excluding hydrogens is 228 g/mol. The lowest BCUT2D eigenvalue weighted by Gasteiger charge is -2.11. The fourth-order valence-electron chi connectivity index (χ4n) is 3.07. The number of nitrogens with one attached hydrogen (secondary N) is 1.